The number of hydrogen-bond donors (Lipinski definition) is 3. The topological polar surface area (TPSA) is 237 Å². The molecule has 0 aromatic heterocycles. The molecule has 0 aliphatic heterocycles. The highest BCUT2D eigenvalue weighted by molar-refractivity contribution is 7.47. The van der Waals surface area contributed by atoms with Crippen molar-refractivity contribution in [3.05, 3.63) is 72.9 Å². The summed E-state index contributed by atoms with van der Waals surface area (Å²) >= 11 is 0. The van der Waals surface area contributed by atoms with Crippen molar-refractivity contribution in [2.75, 3.05) is 39.6 Å². The normalized spacial score (nSPS) is 14.2. The number of carbonyl (C=O) groups excluding carboxylic acids is 4. The second-order valence-electron chi connectivity index (χ2n) is 28.4. The Hall–Kier alpha value is -3.50. The van der Waals surface area contributed by atoms with Gasteiger partial charge >= 0.3 is 39.5 Å². The molecule has 19 heteroatoms. The molecule has 0 bridgehead atoms. The van der Waals surface area contributed by atoms with Gasteiger partial charge in [0.1, 0.15) is 19.3 Å². The van der Waals surface area contributed by atoms with Crippen molar-refractivity contribution < 1.29 is 80.2 Å². The zero-order valence-electron chi connectivity index (χ0n) is 66.5. The van der Waals surface area contributed by atoms with Crippen LogP contribution in [0.1, 0.15) is 387 Å². The number of hydrogen-bond acceptors (Lipinski definition) is 15. The number of unbranched alkanes of at least 4 members (excludes halogenated alkanes) is 42. The van der Waals surface area contributed by atoms with Crippen LogP contribution < -0.4 is 0 Å². The van der Waals surface area contributed by atoms with E-state index in [4.69, 9.17) is 37.0 Å². The molecule has 0 saturated carbocycles. The monoisotopic (exact) mass is 1510 g/mol. The third-order valence-corrected chi connectivity index (χ3v) is 20.1. The molecule has 0 fully saturated rings. The summed E-state index contributed by atoms with van der Waals surface area (Å²) in [5.74, 6) is -2.22. The molecule has 0 aliphatic rings. The van der Waals surface area contributed by atoms with Gasteiger partial charge in [0.25, 0.3) is 0 Å². The van der Waals surface area contributed by atoms with Gasteiger partial charge in [-0.05, 0) is 96.3 Å². The van der Waals surface area contributed by atoms with Crippen LogP contribution >= 0.6 is 15.6 Å². The molecule has 104 heavy (non-hydrogen) atoms. The zero-order chi connectivity index (χ0) is 76.0. The molecule has 0 amide bonds. The Morgan fingerprint density at radius 3 is 0.779 bits per heavy atom. The molecule has 0 aliphatic carbocycles. The first-order chi connectivity index (χ1) is 50.7. The third-order valence-electron chi connectivity index (χ3n) is 18.2. The molecule has 3 N–H and O–H groups in total. The second-order valence-corrected chi connectivity index (χ2v) is 31.3. The Kier molecular flexibility index (Phi) is 75.0. The van der Waals surface area contributed by atoms with Gasteiger partial charge < -0.3 is 33.8 Å². The van der Waals surface area contributed by atoms with Gasteiger partial charge in [0, 0.05) is 25.7 Å². The smallest absolute Gasteiger partial charge is 0.462 e. The molecule has 0 aromatic carbocycles. The number of aliphatic hydroxyl groups excluding tert-OH is 1. The summed E-state index contributed by atoms with van der Waals surface area (Å²) in [7, 11) is -9.97. The molecule has 2 unspecified atom stereocenters. The lowest BCUT2D eigenvalue weighted by atomic mass is 10.0. The molecule has 0 saturated heterocycles. The SMILES string of the molecule is CCCCC/C=C\C/C=C\C/C=C\C/C=C\CCCC(=O)O[C@H](COC(=O)CCCCCCCCCCCCCCCCCCC)COP(=O)(O)OC[C@H](O)COP(=O)(O)OC[C@@H](COC(=O)CCCCCCC/C=C\C/C=C\CCCCC)OC(=O)CCCCCCCCCCCCCCCCC. The zero-order valence-corrected chi connectivity index (χ0v) is 68.2. The molecule has 0 spiro atoms. The van der Waals surface area contributed by atoms with Gasteiger partial charge in [-0.2, -0.15) is 0 Å². The summed E-state index contributed by atoms with van der Waals surface area (Å²) < 4.78 is 68.7. The average Bonchev–Trinajstić information content (AvgIpc) is 1.04. The van der Waals surface area contributed by atoms with Gasteiger partial charge in [-0.3, -0.25) is 37.3 Å². The predicted octanol–water partition coefficient (Wildman–Crippen LogP) is 24.8. The van der Waals surface area contributed by atoms with Crippen molar-refractivity contribution in [2.45, 2.75) is 406 Å². The first-order valence-electron chi connectivity index (χ1n) is 42.2. The van der Waals surface area contributed by atoms with E-state index in [1.807, 2.05) is 12.2 Å². The van der Waals surface area contributed by atoms with Gasteiger partial charge in [0.05, 0.1) is 26.4 Å². The number of esters is 4. The molecule has 17 nitrogen and oxygen atoms in total. The van der Waals surface area contributed by atoms with Crippen molar-refractivity contribution >= 4 is 39.5 Å². The maximum Gasteiger partial charge on any atom is 0.472 e. The highest BCUT2D eigenvalue weighted by atomic mass is 31.2. The van der Waals surface area contributed by atoms with Crippen molar-refractivity contribution in [3.8, 4) is 0 Å². The van der Waals surface area contributed by atoms with Gasteiger partial charge in [-0.25, -0.2) is 9.13 Å². The predicted molar refractivity (Wildman–Crippen MR) is 427 cm³/mol. The van der Waals surface area contributed by atoms with Gasteiger partial charge in [0.2, 0.25) is 0 Å². The van der Waals surface area contributed by atoms with E-state index in [-0.39, 0.29) is 25.7 Å². The van der Waals surface area contributed by atoms with Crippen LogP contribution in [0.5, 0.6) is 0 Å². The second kappa shape index (κ2) is 77.7. The van der Waals surface area contributed by atoms with Crippen LogP contribution in [-0.2, 0) is 65.4 Å². The highest BCUT2D eigenvalue weighted by Crippen LogP contribution is 2.45. The van der Waals surface area contributed by atoms with E-state index >= 15 is 0 Å². The van der Waals surface area contributed by atoms with Crippen LogP contribution in [0.25, 0.3) is 0 Å². The van der Waals surface area contributed by atoms with E-state index in [1.165, 1.54) is 186 Å². The number of aliphatic hydroxyl groups is 1. The molecule has 606 valence electrons. The van der Waals surface area contributed by atoms with Crippen molar-refractivity contribution in [2.24, 2.45) is 0 Å². The van der Waals surface area contributed by atoms with E-state index < -0.39 is 97.5 Å². The number of allylic oxidation sites excluding steroid dienone is 12. The lowest BCUT2D eigenvalue weighted by molar-refractivity contribution is -0.161. The fourth-order valence-electron chi connectivity index (χ4n) is 11.7. The van der Waals surface area contributed by atoms with Crippen LogP contribution in [0.15, 0.2) is 72.9 Å². The van der Waals surface area contributed by atoms with E-state index in [9.17, 15) is 43.2 Å². The number of rotatable bonds is 80. The molecule has 0 aromatic rings. The molecule has 0 radical (unpaired) electrons. The largest absolute Gasteiger partial charge is 0.472 e. The molecule has 0 heterocycles. The Balaban J connectivity index is 5.38. The fourth-order valence-corrected chi connectivity index (χ4v) is 13.3. The van der Waals surface area contributed by atoms with Crippen molar-refractivity contribution in [3.63, 3.8) is 0 Å². The van der Waals surface area contributed by atoms with E-state index in [2.05, 4.69) is 88.5 Å². The van der Waals surface area contributed by atoms with Crippen LogP contribution in [0.2, 0.25) is 0 Å². The quantitative estimate of drug-likeness (QED) is 0.0169. The van der Waals surface area contributed by atoms with Crippen molar-refractivity contribution in [1.29, 1.82) is 0 Å². The number of phosphoric acid groups is 2. The lowest BCUT2D eigenvalue weighted by Gasteiger charge is -2.21. The van der Waals surface area contributed by atoms with E-state index in [0.717, 1.165) is 116 Å². The standard InChI is InChI=1S/C85H154O17P2/c1-5-9-13-17-21-25-29-33-37-39-43-46-50-54-58-62-66-70-83(88)96-76-81(102-85(90)72-68-64-60-56-52-48-44-40-38-34-30-26-22-18-14-10-6-2)78-100-104(93,94)98-74-79(86)73-97-103(91,92)99-77-80(101-84(89)71-67-63-59-55-51-47-42-36-32-28-24-20-16-12-8-4)75-95-82(87)69-65-61-57-53-49-45-41-35-31-27-23-19-15-11-7-3/h22-23,26-27,34-35,38,41,44,48,56,60,79-81,86H,5-21,24-25,28-33,36-37,39-40,42-43,45-47,49-55,57-59,61-78H2,1-4H3,(H,91,92)(H,93,94)/b26-22-,27-23-,38-34-,41-35-,48-44-,60-56-/t79-,80-,81-/m1/s1. The van der Waals surface area contributed by atoms with Crippen LogP contribution in [0.4, 0.5) is 0 Å². The summed E-state index contributed by atoms with van der Waals surface area (Å²) in [4.78, 5) is 73.1. The van der Waals surface area contributed by atoms with Gasteiger partial charge in [0.15, 0.2) is 12.2 Å². The minimum Gasteiger partial charge on any atom is -0.462 e. The van der Waals surface area contributed by atoms with Crippen LogP contribution in [0, 0.1) is 0 Å². The number of phosphoric ester groups is 2. The Labute approximate surface area is 634 Å². The van der Waals surface area contributed by atoms with Crippen LogP contribution in [-0.4, -0.2) is 96.7 Å². The number of ether oxygens (including phenoxy) is 4. The third kappa shape index (κ3) is 76.7. The summed E-state index contributed by atoms with van der Waals surface area (Å²) in [5, 5.41) is 10.7. The molecule has 0 rings (SSSR count). The Morgan fingerprint density at radius 1 is 0.269 bits per heavy atom. The number of carbonyl (C=O) groups is 4. The molecular formula is C85H154O17P2. The Bertz CT molecular complexity index is 2250. The molecular weight excluding hydrogens is 1350 g/mol. The summed E-state index contributed by atoms with van der Waals surface area (Å²) in [6.45, 7) is 4.84. The first-order valence-corrected chi connectivity index (χ1v) is 45.2. The van der Waals surface area contributed by atoms with Crippen LogP contribution in [0.3, 0.4) is 0 Å². The van der Waals surface area contributed by atoms with Crippen molar-refractivity contribution in [1.82, 2.24) is 0 Å². The Morgan fingerprint density at radius 2 is 0.481 bits per heavy atom. The first kappa shape index (κ1) is 100. The van der Waals surface area contributed by atoms with Gasteiger partial charge in [-0.15, -0.1) is 0 Å². The average molecular weight is 1510 g/mol. The maximum absolute atomic E-state index is 13.1. The lowest BCUT2D eigenvalue weighted by Crippen LogP contribution is -2.30. The highest BCUT2D eigenvalue weighted by Gasteiger charge is 2.30. The minimum absolute atomic E-state index is 0.0235. The summed E-state index contributed by atoms with van der Waals surface area (Å²) in [6, 6.07) is 0. The van der Waals surface area contributed by atoms with E-state index in [1.54, 1.807) is 0 Å². The van der Waals surface area contributed by atoms with E-state index in [0.29, 0.717) is 32.1 Å². The maximum atomic E-state index is 13.1. The summed E-state index contributed by atoms with van der Waals surface area (Å²) in [5.41, 5.74) is 0. The van der Waals surface area contributed by atoms with Gasteiger partial charge in [-0.1, -0.05) is 338 Å². The summed E-state index contributed by atoms with van der Waals surface area (Å²) in [6.07, 6.45) is 80.2. The fraction of sp³-hybridized carbons (Fsp3) is 0.812. The minimum atomic E-state index is -4.99. The molecule has 5 atom stereocenters.